The molecule has 2 aromatic rings. The minimum absolute atomic E-state index is 0.294. The number of ether oxygens (including phenoxy) is 2. The van der Waals surface area contributed by atoms with E-state index in [2.05, 4.69) is 0 Å². The first-order valence-corrected chi connectivity index (χ1v) is 6.29. The number of benzene rings is 2. The van der Waals surface area contributed by atoms with Gasteiger partial charge in [-0.3, -0.25) is 4.79 Å². The van der Waals surface area contributed by atoms with Crippen LogP contribution in [0.3, 0.4) is 0 Å². The molecule has 0 aliphatic carbocycles. The number of rotatable bonds is 6. The minimum Gasteiger partial charge on any atom is -0.493 e. The monoisotopic (exact) mass is 268 g/mol. The summed E-state index contributed by atoms with van der Waals surface area (Å²) in [6.07, 6.45) is 2.35. The van der Waals surface area contributed by atoms with E-state index < -0.39 is 0 Å². The largest absolute Gasteiger partial charge is 0.493 e. The van der Waals surface area contributed by atoms with Gasteiger partial charge in [0.25, 0.3) is 0 Å². The molecular weight excluding hydrogens is 252 g/mol. The van der Waals surface area contributed by atoms with E-state index in [9.17, 15) is 4.79 Å². The maximum absolute atomic E-state index is 10.6. The number of hydrogen-bond acceptors (Lipinski definition) is 3. The molecule has 0 aliphatic heterocycles. The fourth-order valence-corrected chi connectivity index (χ4v) is 1.71. The average molecular weight is 268 g/mol. The van der Waals surface area contributed by atoms with Crippen LogP contribution in [0.15, 0.2) is 60.4 Å². The van der Waals surface area contributed by atoms with Gasteiger partial charge in [0.2, 0.25) is 0 Å². The third-order valence-corrected chi connectivity index (χ3v) is 2.79. The first-order chi connectivity index (χ1) is 9.81. The van der Waals surface area contributed by atoms with Crippen molar-refractivity contribution >= 4 is 12.4 Å². The molecule has 0 aliphatic rings. The SMILES string of the molecule is COC(C=O)=Cc1ccc(OCc2ccccc2)cc1. The maximum atomic E-state index is 10.6. The number of methoxy groups -OCH3 is 1. The molecular formula is C17H16O3. The summed E-state index contributed by atoms with van der Waals surface area (Å²) in [5, 5.41) is 0. The highest BCUT2D eigenvalue weighted by molar-refractivity contribution is 5.78. The molecule has 0 fully saturated rings. The van der Waals surface area contributed by atoms with Crippen molar-refractivity contribution in [3.8, 4) is 5.75 Å². The van der Waals surface area contributed by atoms with Crippen molar-refractivity contribution in [3.05, 3.63) is 71.5 Å². The molecule has 0 unspecified atom stereocenters. The summed E-state index contributed by atoms with van der Waals surface area (Å²) in [5.41, 5.74) is 2.01. The van der Waals surface area contributed by atoms with Crippen molar-refractivity contribution in [1.82, 2.24) is 0 Å². The molecule has 0 saturated heterocycles. The molecule has 20 heavy (non-hydrogen) atoms. The van der Waals surface area contributed by atoms with E-state index in [1.807, 2.05) is 54.6 Å². The first kappa shape index (κ1) is 13.9. The number of aldehydes is 1. The van der Waals surface area contributed by atoms with Gasteiger partial charge in [-0.2, -0.15) is 0 Å². The maximum Gasteiger partial charge on any atom is 0.184 e. The molecule has 3 nitrogen and oxygen atoms in total. The molecule has 2 rings (SSSR count). The molecule has 102 valence electrons. The van der Waals surface area contributed by atoms with Crippen LogP contribution < -0.4 is 4.74 Å². The van der Waals surface area contributed by atoms with E-state index in [4.69, 9.17) is 9.47 Å². The fraction of sp³-hybridized carbons (Fsp3) is 0.118. The normalized spacial score (nSPS) is 10.9. The quantitative estimate of drug-likeness (QED) is 0.457. The Kier molecular flexibility index (Phi) is 4.95. The second-order valence-corrected chi connectivity index (χ2v) is 4.21. The summed E-state index contributed by atoms with van der Waals surface area (Å²) in [4.78, 5) is 10.6. The number of carbonyl (C=O) groups excluding carboxylic acids is 1. The lowest BCUT2D eigenvalue weighted by molar-refractivity contribution is -0.107. The summed E-state index contributed by atoms with van der Waals surface area (Å²) < 4.78 is 10.6. The van der Waals surface area contributed by atoms with Gasteiger partial charge in [0.15, 0.2) is 12.0 Å². The molecule has 0 atom stereocenters. The van der Waals surface area contributed by atoms with Crippen LogP contribution in [0.1, 0.15) is 11.1 Å². The Bertz CT molecular complexity index is 571. The van der Waals surface area contributed by atoms with E-state index in [1.165, 1.54) is 7.11 Å². The van der Waals surface area contributed by atoms with Crippen LogP contribution in [0, 0.1) is 0 Å². The van der Waals surface area contributed by atoms with Crippen molar-refractivity contribution in [3.63, 3.8) is 0 Å². The smallest absolute Gasteiger partial charge is 0.184 e. The Morgan fingerprint density at radius 1 is 1.05 bits per heavy atom. The molecule has 0 heterocycles. The predicted octanol–water partition coefficient (Wildman–Crippen LogP) is 3.45. The van der Waals surface area contributed by atoms with Gasteiger partial charge in [-0.1, -0.05) is 42.5 Å². The van der Waals surface area contributed by atoms with Gasteiger partial charge in [0, 0.05) is 0 Å². The van der Waals surface area contributed by atoms with Crippen molar-refractivity contribution in [2.75, 3.05) is 7.11 Å². The van der Waals surface area contributed by atoms with Crippen molar-refractivity contribution in [1.29, 1.82) is 0 Å². The zero-order chi connectivity index (χ0) is 14.2. The number of allylic oxidation sites excluding steroid dienone is 1. The summed E-state index contributed by atoms with van der Waals surface area (Å²) in [6, 6.07) is 17.5. The van der Waals surface area contributed by atoms with Crippen LogP contribution in [0.2, 0.25) is 0 Å². The highest BCUT2D eigenvalue weighted by Gasteiger charge is 1.97. The summed E-state index contributed by atoms with van der Waals surface area (Å²) in [7, 11) is 1.47. The summed E-state index contributed by atoms with van der Waals surface area (Å²) in [5.74, 6) is 1.08. The molecule has 2 aromatic carbocycles. The van der Waals surface area contributed by atoms with Gasteiger partial charge in [0.05, 0.1) is 7.11 Å². The molecule has 0 spiro atoms. The molecule has 3 heteroatoms. The van der Waals surface area contributed by atoms with Crippen LogP contribution in [0.5, 0.6) is 5.75 Å². The zero-order valence-corrected chi connectivity index (χ0v) is 11.3. The van der Waals surface area contributed by atoms with Crippen LogP contribution in [-0.2, 0) is 16.1 Å². The second kappa shape index (κ2) is 7.14. The van der Waals surface area contributed by atoms with Gasteiger partial charge in [-0.25, -0.2) is 0 Å². The molecule has 0 N–H and O–H groups in total. The predicted molar refractivity (Wildman–Crippen MR) is 78.3 cm³/mol. The van der Waals surface area contributed by atoms with Gasteiger partial charge in [-0.15, -0.1) is 0 Å². The second-order valence-electron chi connectivity index (χ2n) is 4.21. The van der Waals surface area contributed by atoms with Crippen LogP contribution in [0.25, 0.3) is 6.08 Å². The lowest BCUT2D eigenvalue weighted by Gasteiger charge is -2.06. The summed E-state index contributed by atoms with van der Waals surface area (Å²) >= 11 is 0. The van der Waals surface area contributed by atoms with Gasteiger partial charge in [-0.05, 0) is 29.3 Å². The number of carbonyl (C=O) groups is 1. The molecule has 0 amide bonds. The Labute approximate surface area is 118 Å². The van der Waals surface area contributed by atoms with E-state index in [1.54, 1.807) is 6.08 Å². The molecule has 0 saturated carbocycles. The number of hydrogen-bond donors (Lipinski definition) is 0. The first-order valence-electron chi connectivity index (χ1n) is 6.29. The lowest BCUT2D eigenvalue weighted by atomic mass is 10.2. The fourth-order valence-electron chi connectivity index (χ4n) is 1.71. The third-order valence-electron chi connectivity index (χ3n) is 2.79. The van der Waals surface area contributed by atoms with Crippen LogP contribution in [-0.4, -0.2) is 13.4 Å². The highest BCUT2D eigenvalue weighted by atomic mass is 16.5. The Balaban J connectivity index is 1.98. The van der Waals surface area contributed by atoms with Crippen molar-refractivity contribution in [2.45, 2.75) is 6.61 Å². The Morgan fingerprint density at radius 2 is 1.75 bits per heavy atom. The minimum atomic E-state index is 0.294. The van der Waals surface area contributed by atoms with Gasteiger partial charge in [0.1, 0.15) is 12.4 Å². The van der Waals surface area contributed by atoms with E-state index >= 15 is 0 Å². The summed E-state index contributed by atoms with van der Waals surface area (Å²) in [6.45, 7) is 0.535. The standard InChI is InChI=1S/C17H16O3/c1-19-17(12-18)11-14-7-9-16(10-8-14)20-13-15-5-3-2-4-6-15/h2-12H,13H2,1H3. The van der Waals surface area contributed by atoms with Gasteiger partial charge >= 0.3 is 0 Å². The molecule has 0 bridgehead atoms. The van der Waals surface area contributed by atoms with E-state index in [0.29, 0.717) is 18.7 Å². The zero-order valence-electron chi connectivity index (χ0n) is 11.3. The van der Waals surface area contributed by atoms with E-state index in [-0.39, 0.29) is 0 Å². The molecule has 0 radical (unpaired) electrons. The highest BCUT2D eigenvalue weighted by Crippen LogP contribution is 2.16. The Morgan fingerprint density at radius 3 is 2.35 bits per heavy atom. The lowest BCUT2D eigenvalue weighted by Crippen LogP contribution is -1.94. The van der Waals surface area contributed by atoms with E-state index in [0.717, 1.165) is 16.9 Å². The average Bonchev–Trinajstić information content (AvgIpc) is 2.53. The third kappa shape index (κ3) is 3.99. The van der Waals surface area contributed by atoms with Crippen LogP contribution in [0.4, 0.5) is 0 Å². The van der Waals surface area contributed by atoms with Crippen LogP contribution >= 0.6 is 0 Å². The topological polar surface area (TPSA) is 35.5 Å². The van der Waals surface area contributed by atoms with Crippen molar-refractivity contribution in [2.24, 2.45) is 0 Å². The molecule has 0 aromatic heterocycles. The Hall–Kier alpha value is -2.55. The van der Waals surface area contributed by atoms with Gasteiger partial charge < -0.3 is 9.47 Å². The van der Waals surface area contributed by atoms with Crippen molar-refractivity contribution < 1.29 is 14.3 Å².